The Balaban J connectivity index is 1.22. The van der Waals surface area contributed by atoms with E-state index >= 15 is 4.39 Å². The Hall–Kier alpha value is -3.50. The normalized spacial score (nSPS) is 22.7. The highest BCUT2D eigenvalue weighted by atomic mass is 35.5. The van der Waals surface area contributed by atoms with Gasteiger partial charge in [0.15, 0.2) is 0 Å². The lowest BCUT2D eigenvalue weighted by molar-refractivity contribution is -0.144. The Morgan fingerprint density at radius 3 is 2.63 bits per heavy atom. The van der Waals surface area contributed by atoms with E-state index < -0.39 is 35.8 Å². The summed E-state index contributed by atoms with van der Waals surface area (Å²) >= 11 is 6.39. The van der Waals surface area contributed by atoms with Gasteiger partial charge in [-0.15, -0.1) is 0 Å². The fraction of sp³-hybridized carbons (Fsp3) is 0.433. The second kappa shape index (κ2) is 12.2. The highest BCUT2D eigenvalue weighted by Crippen LogP contribution is 2.31. The van der Waals surface area contributed by atoms with Gasteiger partial charge in [0, 0.05) is 23.0 Å². The van der Waals surface area contributed by atoms with E-state index in [0.29, 0.717) is 36.9 Å². The number of likely N-dealkylation sites (tertiary alicyclic amines) is 1. The van der Waals surface area contributed by atoms with Crippen LogP contribution < -0.4 is 5.32 Å². The molecule has 0 spiro atoms. The largest absolute Gasteiger partial charge is 0.481 e. The second-order valence-corrected chi connectivity index (χ2v) is 11.3. The summed E-state index contributed by atoms with van der Waals surface area (Å²) in [6.45, 7) is 1.80. The molecule has 0 radical (unpaired) electrons. The molecule has 2 heterocycles. The predicted octanol–water partition coefficient (Wildman–Crippen LogP) is 5.66. The molecule has 5 rings (SSSR count). The van der Waals surface area contributed by atoms with Crippen LogP contribution in [-0.2, 0) is 20.7 Å². The van der Waals surface area contributed by atoms with Crippen molar-refractivity contribution in [3.05, 3.63) is 64.1 Å². The van der Waals surface area contributed by atoms with Crippen LogP contribution in [0.4, 0.5) is 14.5 Å². The molecule has 2 aromatic carbocycles. The topological polar surface area (TPSA) is 112 Å². The number of hydrogen-bond donors (Lipinski definition) is 3. The molecule has 2 aliphatic rings. The lowest BCUT2D eigenvalue weighted by Gasteiger charge is -2.30. The molecule has 1 saturated carbocycles. The molecule has 2 atom stereocenters. The number of rotatable bonds is 8. The number of aromatic nitrogens is 1. The molecular formula is C30H32ClF2N3O5. The first-order valence-electron chi connectivity index (χ1n) is 13.7. The smallest absolute Gasteiger partial charge is 0.306 e. The van der Waals surface area contributed by atoms with Crippen LogP contribution in [0.2, 0.25) is 5.02 Å². The molecule has 3 aromatic rings. The van der Waals surface area contributed by atoms with E-state index in [0.717, 1.165) is 17.0 Å². The van der Waals surface area contributed by atoms with Crippen molar-refractivity contribution in [2.45, 2.75) is 63.8 Å². The third kappa shape index (κ3) is 6.38. The number of aromatic amines is 1. The third-order valence-corrected chi connectivity index (χ3v) is 8.39. The van der Waals surface area contributed by atoms with Crippen molar-refractivity contribution >= 4 is 46.0 Å². The van der Waals surface area contributed by atoms with Gasteiger partial charge in [-0.25, -0.2) is 8.78 Å². The summed E-state index contributed by atoms with van der Waals surface area (Å²) in [5.74, 6) is -2.78. The number of alkyl halides is 1. The van der Waals surface area contributed by atoms with Crippen molar-refractivity contribution in [2.24, 2.45) is 5.92 Å². The van der Waals surface area contributed by atoms with Crippen LogP contribution in [0, 0.1) is 18.7 Å². The number of nitrogens with one attached hydrogen (secondary N) is 2. The number of carbonyl (C=O) groups excluding carboxylic acids is 2. The number of carbonyl (C=O) groups is 3. The molecule has 1 aliphatic carbocycles. The van der Waals surface area contributed by atoms with Crippen LogP contribution in [0.15, 0.2) is 36.4 Å². The van der Waals surface area contributed by atoms with Gasteiger partial charge in [-0.2, -0.15) is 0 Å². The van der Waals surface area contributed by atoms with Gasteiger partial charge in [0.2, 0.25) is 5.91 Å². The number of nitrogens with zero attached hydrogens (tertiary/aromatic N) is 1. The summed E-state index contributed by atoms with van der Waals surface area (Å²) in [4.78, 5) is 41.9. The minimum absolute atomic E-state index is 0.0373. The minimum atomic E-state index is -1.21. The van der Waals surface area contributed by atoms with Gasteiger partial charge in [0.1, 0.15) is 12.0 Å². The van der Waals surface area contributed by atoms with E-state index in [9.17, 15) is 18.8 Å². The maximum absolute atomic E-state index is 15.1. The Morgan fingerprint density at radius 2 is 1.90 bits per heavy atom. The number of carboxylic acid groups (broad SMARTS) is 1. The number of carboxylic acids is 1. The number of anilines is 1. The Kier molecular flexibility index (Phi) is 8.60. The van der Waals surface area contributed by atoms with E-state index in [1.165, 1.54) is 11.0 Å². The predicted molar refractivity (Wildman–Crippen MR) is 150 cm³/mol. The molecule has 2 fully saturated rings. The summed E-state index contributed by atoms with van der Waals surface area (Å²) < 4.78 is 35.4. The zero-order chi connectivity index (χ0) is 29.3. The zero-order valence-corrected chi connectivity index (χ0v) is 23.3. The first kappa shape index (κ1) is 29.0. The van der Waals surface area contributed by atoms with Crippen LogP contribution in [0.1, 0.15) is 53.7 Å². The number of aryl methyl sites for hydroxylation is 1. The average Bonchev–Trinajstić information content (AvgIpc) is 3.48. The number of para-hydroxylation sites is 1. The van der Waals surface area contributed by atoms with E-state index in [1.807, 2.05) is 24.3 Å². The SMILES string of the molecule is Cc1[nH]c2ccccc2c1C(=O)Nc1cc(F)c(CC(=O)N2C[C@@H](F)C[C@H]2COC2CCC(C(=O)O)CC2)cc1Cl. The average molecular weight is 588 g/mol. The number of ether oxygens (including phenoxy) is 1. The van der Waals surface area contributed by atoms with Crippen molar-refractivity contribution in [1.29, 1.82) is 0 Å². The summed E-state index contributed by atoms with van der Waals surface area (Å²) in [6.07, 6.45) is 0.703. The number of aliphatic carboxylic acids is 1. The molecule has 1 aliphatic heterocycles. The molecule has 1 aromatic heterocycles. The first-order chi connectivity index (χ1) is 19.6. The number of benzene rings is 2. The quantitative estimate of drug-likeness (QED) is 0.315. The molecule has 8 nitrogen and oxygen atoms in total. The minimum Gasteiger partial charge on any atom is -0.481 e. The lowest BCUT2D eigenvalue weighted by atomic mass is 9.87. The van der Waals surface area contributed by atoms with E-state index in [4.69, 9.17) is 21.4 Å². The van der Waals surface area contributed by atoms with Gasteiger partial charge in [-0.1, -0.05) is 29.8 Å². The van der Waals surface area contributed by atoms with E-state index in [2.05, 4.69) is 10.3 Å². The van der Waals surface area contributed by atoms with Crippen molar-refractivity contribution in [3.8, 4) is 0 Å². The summed E-state index contributed by atoms with van der Waals surface area (Å²) in [6, 6.07) is 9.24. The molecule has 2 amide bonds. The summed E-state index contributed by atoms with van der Waals surface area (Å²) in [5.41, 5.74) is 1.99. The van der Waals surface area contributed by atoms with Crippen molar-refractivity contribution in [2.75, 3.05) is 18.5 Å². The maximum Gasteiger partial charge on any atom is 0.306 e. The number of halogens is 3. The number of fused-ring (bicyclic) bond motifs is 1. The van der Waals surface area contributed by atoms with Gasteiger partial charge in [0.05, 0.1) is 53.9 Å². The van der Waals surface area contributed by atoms with Crippen LogP contribution >= 0.6 is 11.6 Å². The van der Waals surface area contributed by atoms with E-state index in [-0.39, 0.29) is 54.3 Å². The van der Waals surface area contributed by atoms with Gasteiger partial charge in [-0.3, -0.25) is 14.4 Å². The van der Waals surface area contributed by atoms with Gasteiger partial charge >= 0.3 is 5.97 Å². The van der Waals surface area contributed by atoms with E-state index in [1.54, 1.807) is 6.92 Å². The Bertz CT molecular complexity index is 1470. The fourth-order valence-electron chi connectivity index (χ4n) is 5.88. The molecule has 218 valence electrons. The monoisotopic (exact) mass is 587 g/mol. The second-order valence-electron chi connectivity index (χ2n) is 10.9. The number of amides is 2. The molecule has 41 heavy (non-hydrogen) atoms. The number of hydrogen-bond acceptors (Lipinski definition) is 4. The molecule has 11 heteroatoms. The Labute approximate surface area is 241 Å². The summed E-state index contributed by atoms with van der Waals surface area (Å²) in [7, 11) is 0. The van der Waals surface area contributed by atoms with Crippen molar-refractivity contribution in [1.82, 2.24) is 9.88 Å². The maximum atomic E-state index is 15.1. The van der Waals surface area contributed by atoms with Crippen molar-refractivity contribution in [3.63, 3.8) is 0 Å². The number of H-pyrrole nitrogens is 1. The molecule has 1 saturated heterocycles. The zero-order valence-electron chi connectivity index (χ0n) is 22.6. The molecule has 0 unspecified atom stereocenters. The van der Waals surface area contributed by atoms with Gasteiger partial charge < -0.3 is 25.0 Å². The van der Waals surface area contributed by atoms with Gasteiger partial charge in [-0.05, 0) is 56.4 Å². The van der Waals surface area contributed by atoms with Gasteiger partial charge in [0.25, 0.3) is 5.91 Å². The molecule has 0 bridgehead atoms. The molecular weight excluding hydrogens is 556 g/mol. The highest BCUT2D eigenvalue weighted by molar-refractivity contribution is 6.34. The standard InChI is InChI=1S/C30H32ClF2N3O5/c1-16-28(22-4-2-3-5-25(22)34-16)29(38)35-26-13-24(33)18(10-23(26)31)11-27(37)36-14-19(32)12-20(36)15-41-21-8-6-17(7-9-21)30(39)40/h2-5,10,13,17,19-21,34H,6-9,11-12,14-15H2,1H3,(H,35,38)(H,39,40)/t17?,19-,20-,21?/m0/s1. The Morgan fingerprint density at radius 1 is 1.17 bits per heavy atom. The molecule has 3 N–H and O–H groups in total. The fourth-order valence-corrected chi connectivity index (χ4v) is 6.12. The van der Waals surface area contributed by atoms with Crippen molar-refractivity contribution < 1.29 is 33.0 Å². The van der Waals surface area contributed by atoms with Crippen LogP contribution in [0.3, 0.4) is 0 Å². The van der Waals surface area contributed by atoms with Crippen LogP contribution in [0.25, 0.3) is 10.9 Å². The highest BCUT2D eigenvalue weighted by Gasteiger charge is 2.37. The van der Waals surface area contributed by atoms with Crippen LogP contribution in [0.5, 0.6) is 0 Å². The first-order valence-corrected chi connectivity index (χ1v) is 14.1. The summed E-state index contributed by atoms with van der Waals surface area (Å²) in [5, 5.41) is 12.6. The van der Waals surface area contributed by atoms with Crippen LogP contribution in [-0.4, -0.2) is 64.2 Å². The lowest BCUT2D eigenvalue weighted by Crippen LogP contribution is -2.40. The third-order valence-electron chi connectivity index (χ3n) is 8.08.